The van der Waals surface area contributed by atoms with Gasteiger partial charge < -0.3 is 14.9 Å². The molecular weight excluding hydrogens is 304 g/mol. The lowest BCUT2D eigenvalue weighted by atomic mass is 9.86. The summed E-state index contributed by atoms with van der Waals surface area (Å²) in [5, 5.41) is 19.0. The molecule has 0 saturated carbocycles. The second-order valence-electron chi connectivity index (χ2n) is 7.10. The van der Waals surface area contributed by atoms with Crippen LogP contribution in [0.5, 0.6) is 5.75 Å². The van der Waals surface area contributed by atoms with Gasteiger partial charge in [-0.1, -0.05) is 45.9 Å². The lowest BCUT2D eigenvalue weighted by Gasteiger charge is -2.20. The molecule has 0 radical (unpaired) electrons. The maximum Gasteiger partial charge on any atom is 0.310 e. The number of rotatable bonds is 2. The van der Waals surface area contributed by atoms with Gasteiger partial charge in [-0.05, 0) is 42.2 Å². The summed E-state index contributed by atoms with van der Waals surface area (Å²) in [6, 6.07) is 7.46. The molecule has 0 aromatic heterocycles. The quantitative estimate of drug-likeness (QED) is 0.796. The highest BCUT2D eigenvalue weighted by molar-refractivity contribution is 5.70. The van der Waals surface area contributed by atoms with Gasteiger partial charge in [0.1, 0.15) is 11.5 Å². The van der Waals surface area contributed by atoms with Gasteiger partial charge in [0.05, 0.1) is 5.60 Å². The van der Waals surface area contributed by atoms with Gasteiger partial charge in [0.25, 0.3) is 0 Å². The van der Waals surface area contributed by atoms with Crippen LogP contribution in [0, 0.1) is 0 Å². The molecule has 0 saturated heterocycles. The van der Waals surface area contributed by atoms with Crippen molar-refractivity contribution in [3.05, 3.63) is 53.8 Å². The molecule has 1 aromatic rings. The Hall–Kier alpha value is -2.07. The molecule has 4 nitrogen and oxygen atoms in total. The van der Waals surface area contributed by atoms with Crippen LogP contribution < -0.4 is 0 Å². The molecule has 0 aliphatic heterocycles. The maximum atomic E-state index is 10.9. The number of para-hydroxylation sites is 1. The number of aliphatic hydroxyl groups is 1. The molecule has 1 aliphatic rings. The topological polar surface area (TPSA) is 66.8 Å². The molecular formula is C20H28O4. The van der Waals surface area contributed by atoms with Gasteiger partial charge in [0.15, 0.2) is 0 Å². The molecule has 2 N–H and O–H groups in total. The van der Waals surface area contributed by atoms with E-state index in [1.54, 1.807) is 38.1 Å². The molecule has 1 aromatic carbocycles. The molecule has 0 spiro atoms. The van der Waals surface area contributed by atoms with Crippen molar-refractivity contribution in [2.75, 3.05) is 0 Å². The summed E-state index contributed by atoms with van der Waals surface area (Å²) < 4.78 is 4.96. The molecule has 0 fully saturated rings. The number of aromatic hydroxyl groups is 1. The molecule has 0 amide bonds. The van der Waals surface area contributed by atoms with Crippen LogP contribution in [0.15, 0.2) is 48.3 Å². The first-order valence-electron chi connectivity index (χ1n) is 8.16. The van der Waals surface area contributed by atoms with Crippen molar-refractivity contribution in [2.24, 2.45) is 0 Å². The molecule has 24 heavy (non-hydrogen) atoms. The van der Waals surface area contributed by atoms with E-state index in [0.717, 1.165) is 5.56 Å². The summed E-state index contributed by atoms with van der Waals surface area (Å²) in [6.45, 7) is 9.70. The van der Waals surface area contributed by atoms with Gasteiger partial charge in [-0.15, -0.1) is 0 Å². The second-order valence-corrected chi connectivity index (χ2v) is 7.10. The van der Waals surface area contributed by atoms with E-state index in [2.05, 4.69) is 20.8 Å². The number of allylic oxidation sites excluding steroid dienone is 1. The van der Waals surface area contributed by atoms with E-state index in [-0.39, 0.29) is 11.4 Å². The van der Waals surface area contributed by atoms with Crippen LogP contribution in [0.1, 0.15) is 53.0 Å². The molecule has 2 rings (SSSR count). The zero-order chi connectivity index (χ0) is 18.4. The van der Waals surface area contributed by atoms with Crippen LogP contribution in [0.2, 0.25) is 0 Å². The lowest BCUT2D eigenvalue weighted by molar-refractivity contribution is -0.138. The number of hydrogen-bond acceptors (Lipinski definition) is 4. The van der Waals surface area contributed by atoms with Crippen LogP contribution in [0.25, 0.3) is 0 Å². The zero-order valence-corrected chi connectivity index (χ0v) is 15.2. The fourth-order valence-corrected chi connectivity index (χ4v) is 2.09. The Morgan fingerprint density at radius 1 is 1.29 bits per heavy atom. The Labute approximate surface area is 144 Å². The highest BCUT2D eigenvalue weighted by Crippen LogP contribution is 2.29. The third-order valence-corrected chi connectivity index (χ3v) is 3.56. The van der Waals surface area contributed by atoms with Crippen molar-refractivity contribution < 1.29 is 19.7 Å². The van der Waals surface area contributed by atoms with Crippen LogP contribution >= 0.6 is 0 Å². The predicted octanol–water partition coefficient (Wildman–Crippen LogP) is 4.22. The summed E-state index contributed by atoms with van der Waals surface area (Å²) in [6.07, 6.45) is 5.81. The summed E-state index contributed by atoms with van der Waals surface area (Å²) >= 11 is 0. The first-order chi connectivity index (χ1) is 11.0. The van der Waals surface area contributed by atoms with E-state index in [1.807, 2.05) is 18.2 Å². The van der Waals surface area contributed by atoms with E-state index in [0.29, 0.717) is 24.4 Å². The van der Waals surface area contributed by atoms with Crippen LogP contribution in [0.4, 0.5) is 0 Å². The van der Waals surface area contributed by atoms with Gasteiger partial charge in [0, 0.05) is 12.8 Å². The number of hydrogen-bond donors (Lipinski definition) is 2. The number of benzene rings is 1. The third kappa shape index (κ3) is 6.59. The van der Waals surface area contributed by atoms with Gasteiger partial charge in [-0.2, -0.15) is 0 Å². The Bertz CT molecular complexity index is 619. The van der Waals surface area contributed by atoms with Crippen LogP contribution in [-0.4, -0.2) is 21.8 Å². The number of phenolic OH excluding ortho intramolecular Hbond substituents is 1. The van der Waals surface area contributed by atoms with E-state index >= 15 is 0 Å². The zero-order valence-electron chi connectivity index (χ0n) is 15.2. The summed E-state index contributed by atoms with van der Waals surface area (Å²) in [5.74, 6) is 0.663. The van der Waals surface area contributed by atoms with Crippen LogP contribution in [-0.2, 0) is 14.9 Å². The molecule has 0 heterocycles. The van der Waals surface area contributed by atoms with Gasteiger partial charge in [-0.25, -0.2) is 0 Å². The lowest BCUT2D eigenvalue weighted by Crippen LogP contribution is -2.22. The Morgan fingerprint density at radius 2 is 1.92 bits per heavy atom. The first kappa shape index (κ1) is 20.0. The Balaban J connectivity index is 0.000000243. The number of carbonyl (C=O) groups is 1. The van der Waals surface area contributed by atoms with Crippen LogP contribution in [0.3, 0.4) is 0 Å². The minimum Gasteiger partial charge on any atom is -0.508 e. The summed E-state index contributed by atoms with van der Waals surface area (Å²) in [7, 11) is 0. The average Bonchev–Trinajstić information content (AvgIpc) is 2.49. The number of ether oxygens (including phenoxy) is 1. The molecule has 132 valence electrons. The Kier molecular flexibility index (Phi) is 6.79. The highest BCUT2D eigenvalue weighted by Gasteiger charge is 2.19. The monoisotopic (exact) mass is 332 g/mol. The summed E-state index contributed by atoms with van der Waals surface area (Å²) in [4.78, 5) is 10.9. The van der Waals surface area contributed by atoms with Crippen molar-refractivity contribution in [2.45, 2.75) is 58.5 Å². The van der Waals surface area contributed by atoms with Gasteiger partial charge in [0.2, 0.25) is 0 Å². The fraction of sp³-hybridized carbons (Fsp3) is 0.450. The minimum absolute atomic E-state index is 0.0331. The van der Waals surface area contributed by atoms with E-state index in [9.17, 15) is 15.0 Å². The molecule has 4 heteroatoms. The van der Waals surface area contributed by atoms with E-state index in [4.69, 9.17) is 4.74 Å². The number of phenols is 1. The molecule has 1 atom stereocenters. The highest BCUT2D eigenvalue weighted by atomic mass is 16.5. The Morgan fingerprint density at radius 3 is 2.33 bits per heavy atom. The molecule has 1 unspecified atom stereocenters. The van der Waals surface area contributed by atoms with Crippen molar-refractivity contribution in [1.29, 1.82) is 0 Å². The molecule has 1 aliphatic carbocycles. The predicted molar refractivity (Wildman–Crippen MR) is 95.7 cm³/mol. The maximum absolute atomic E-state index is 10.9. The van der Waals surface area contributed by atoms with Crippen molar-refractivity contribution in [1.82, 2.24) is 0 Å². The largest absolute Gasteiger partial charge is 0.508 e. The van der Waals surface area contributed by atoms with E-state index < -0.39 is 5.60 Å². The second kappa shape index (κ2) is 8.15. The van der Waals surface area contributed by atoms with Crippen molar-refractivity contribution in [3.63, 3.8) is 0 Å². The summed E-state index contributed by atoms with van der Waals surface area (Å²) in [5.41, 5.74) is 0.230. The third-order valence-electron chi connectivity index (χ3n) is 3.56. The fourth-order valence-electron chi connectivity index (χ4n) is 2.09. The normalized spacial score (nSPS) is 19.8. The minimum atomic E-state index is -0.803. The van der Waals surface area contributed by atoms with E-state index in [1.165, 1.54) is 0 Å². The van der Waals surface area contributed by atoms with Gasteiger partial charge in [-0.3, -0.25) is 4.79 Å². The SMILES string of the molecule is CC(C)(C)c1ccccc1O.CCC(=O)OC1=CCC(C)(O)C=C1. The standard InChI is InChI=1S/C10H14O3.C10H14O/c1-3-9(11)13-8-4-6-10(2,12)7-5-8;1-10(2,3)8-6-4-5-7-9(8)11/h4-6,12H,3,7H2,1-2H3;4-7,11H,1-3H3. The van der Waals surface area contributed by atoms with Crippen molar-refractivity contribution >= 4 is 5.97 Å². The van der Waals surface area contributed by atoms with Crippen molar-refractivity contribution in [3.8, 4) is 5.75 Å². The molecule has 0 bridgehead atoms. The first-order valence-corrected chi connectivity index (χ1v) is 8.16. The van der Waals surface area contributed by atoms with Gasteiger partial charge >= 0.3 is 5.97 Å². The average molecular weight is 332 g/mol. The number of esters is 1. The smallest absolute Gasteiger partial charge is 0.310 e. The number of carbonyl (C=O) groups excluding carboxylic acids is 1.